The Morgan fingerprint density at radius 3 is 2.48 bits per heavy atom. The molecule has 0 spiro atoms. The molecule has 1 aromatic heterocycles. The molecule has 4 nitrogen and oxygen atoms in total. The third kappa shape index (κ3) is 5.28. The summed E-state index contributed by atoms with van der Waals surface area (Å²) in [7, 11) is 1.60. The molecule has 0 N–H and O–H groups in total. The first-order valence-electron chi connectivity index (χ1n) is 6.34. The van der Waals surface area contributed by atoms with E-state index in [1.165, 1.54) is 11.3 Å². The molecule has 0 saturated carbocycles. The zero-order valence-corrected chi connectivity index (χ0v) is 13.1. The molecule has 6 heteroatoms. The van der Waals surface area contributed by atoms with Gasteiger partial charge in [-0.25, -0.2) is 0 Å². The van der Waals surface area contributed by atoms with Gasteiger partial charge in [-0.1, -0.05) is 11.6 Å². The van der Waals surface area contributed by atoms with Crippen LogP contribution in [0.25, 0.3) is 0 Å². The van der Waals surface area contributed by atoms with Crippen LogP contribution in [0.1, 0.15) is 11.3 Å². The Morgan fingerprint density at radius 1 is 1.14 bits per heavy atom. The van der Waals surface area contributed by atoms with Crippen LogP contribution in [0.2, 0.25) is 4.34 Å². The SMILES string of the molecule is COc1ccc(OCCC(=O)OCc2ccc(Cl)s2)cc1. The van der Waals surface area contributed by atoms with E-state index >= 15 is 0 Å². The average Bonchev–Trinajstić information content (AvgIpc) is 2.91. The van der Waals surface area contributed by atoms with Crippen molar-refractivity contribution in [1.82, 2.24) is 0 Å². The number of halogens is 1. The van der Waals surface area contributed by atoms with Crippen LogP contribution in [-0.4, -0.2) is 19.7 Å². The minimum absolute atomic E-state index is 0.200. The molecule has 0 unspecified atom stereocenters. The van der Waals surface area contributed by atoms with Crippen molar-refractivity contribution in [1.29, 1.82) is 0 Å². The van der Waals surface area contributed by atoms with Crippen molar-refractivity contribution in [3.05, 3.63) is 45.6 Å². The van der Waals surface area contributed by atoms with Crippen LogP contribution >= 0.6 is 22.9 Å². The Kier molecular flexibility index (Phi) is 5.90. The quantitative estimate of drug-likeness (QED) is 0.723. The van der Waals surface area contributed by atoms with E-state index in [9.17, 15) is 4.79 Å². The number of benzene rings is 1. The van der Waals surface area contributed by atoms with Gasteiger partial charge in [0.15, 0.2) is 0 Å². The number of hydrogen-bond donors (Lipinski definition) is 0. The summed E-state index contributed by atoms with van der Waals surface area (Å²) in [5.41, 5.74) is 0. The standard InChI is InChI=1S/C15H15ClO4S/c1-18-11-2-4-12(5-3-11)19-9-8-15(17)20-10-13-6-7-14(16)21-13/h2-7H,8-10H2,1H3. The van der Waals surface area contributed by atoms with Gasteiger partial charge in [-0.3, -0.25) is 4.79 Å². The smallest absolute Gasteiger partial charge is 0.309 e. The predicted molar refractivity (Wildman–Crippen MR) is 82.2 cm³/mol. The summed E-state index contributed by atoms with van der Waals surface area (Å²) in [5, 5.41) is 0. The highest BCUT2D eigenvalue weighted by Crippen LogP contribution is 2.22. The Hall–Kier alpha value is -1.72. The van der Waals surface area contributed by atoms with Crippen LogP contribution in [-0.2, 0) is 16.1 Å². The van der Waals surface area contributed by atoms with E-state index in [1.54, 1.807) is 37.4 Å². The molecule has 0 aliphatic rings. The van der Waals surface area contributed by atoms with Crippen LogP contribution in [0.3, 0.4) is 0 Å². The number of methoxy groups -OCH3 is 1. The predicted octanol–water partition coefficient (Wildman–Crippen LogP) is 3.92. The van der Waals surface area contributed by atoms with E-state index in [0.29, 0.717) is 10.1 Å². The fourth-order valence-electron chi connectivity index (χ4n) is 1.58. The summed E-state index contributed by atoms with van der Waals surface area (Å²) in [4.78, 5) is 12.5. The second kappa shape index (κ2) is 7.90. The fraction of sp³-hybridized carbons (Fsp3) is 0.267. The summed E-state index contributed by atoms with van der Waals surface area (Å²) >= 11 is 7.20. The first-order chi connectivity index (χ1) is 10.2. The van der Waals surface area contributed by atoms with E-state index in [1.807, 2.05) is 6.07 Å². The maximum Gasteiger partial charge on any atom is 0.309 e. The first kappa shape index (κ1) is 15.7. The molecule has 2 aromatic rings. The fourth-order valence-corrected chi connectivity index (χ4v) is 2.58. The first-order valence-corrected chi connectivity index (χ1v) is 7.53. The number of carbonyl (C=O) groups excluding carboxylic acids is 1. The molecule has 0 amide bonds. The number of carbonyl (C=O) groups is 1. The molecule has 0 aliphatic carbocycles. The molecule has 0 atom stereocenters. The van der Waals surface area contributed by atoms with Gasteiger partial charge >= 0.3 is 5.97 Å². The van der Waals surface area contributed by atoms with Gasteiger partial charge in [0.05, 0.1) is 24.5 Å². The molecule has 2 rings (SSSR count). The van der Waals surface area contributed by atoms with E-state index < -0.39 is 0 Å². The van der Waals surface area contributed by atoms with E-state index in [-0.39, 0.29) is 25.6 Å². The highest BCUT2D eigenvalue weighted by Gasteiger charge is 2.06. The highest BCUT2D eigenvalue weighted by atomic mass is 35.5. The molecule has 0 fully saturated rings. The second-order valence-corrected chi connectivity index (χ2v) is 5.94. The van der Waals surface area contributed by atoms with Gasteiger partial charge in [-0.2, -0.15) is 0 Å². The number of thiophene rings is 1. The zero-order chi connectivity index (χ0) is 15.1. The lowest BCUT2D eigenvalue weighted by Crippen LogP contribution is -2.09. The van der Waals surface area contributed by atoms with Crippen molar-refractivity contribution in [2.75, 3.05) is 13.7 Å². The summed E-state index contributed by atoms with van der Waals surface area (Å²) < 4.78 is 16.3. The van der Waals surface area contributed by atoms with Crippen LogP contribution in [0, 0.1) is 0 Å². The van der Waals surface area contributed by atoms with E-state index in [4.69, 9.17) is 25.8 Å². The molecule has 0 bridgehead atoms. The lowest BCUT2D eigenvalue weighted by molar-refractivity contribution is -0.145. The third-order valence-corrected chi connectivity index (χ3v) is 3.84. The van der Waals surface area contributed by atoms with Gasteiger partial charge in [-0.05, 0) is 36.4 Å². The third-order valence-electron chi connectivity index (χ3n) is 2.64. The molecule has 21 heavy (non-hydrogen) atoms. The molecular weight excluding hydrogens is 312 g/mol. The summed E-state index contributed by atoms with van der Waals surface area (Å²) in [6, 6.07) is 10.8. The maximum atomic E-state index is 11.6. The number of rotatable bonds is 7. The minimum Gasteiger partial charge on any atom is -0.497 e. The summed E-state index contributed by atoms with van der Waals surface area (Å²) in [6.07, 6.45) is 0.200. The van der Waals surface area contributed by atoms with Crippen LogP contribution in [0.4, 0.5) is 0 Å². The van der Waals surface area contributed by atoms with Crippen molar-refractivity contribution >= 4 is 28.9 Å². The Morgan fingerprint density at radius 2 is 1.86 bits per heavy atom. The van der Waals surface area contributed by atoms with Crippen LogP contribution in [0.5, 0.6) is 11.5 Å². The zero-order valence-electron chi connectivity index (χ0n) is 11.5. The normalized spacial score (nSPS) is 10.2. The average molecular weight is 327 g/mol. The number of hydrogen-bond acceptors (Lipinski definition) is 5. The number of ether oxygens (including phenoxy) is 3. The molecule has 1 aromatic carbocycles. The minimum atomic E-state index is -0.298. The lowest BCUT2D eigenvalue weighted by atomic mass is 10.3. The van der Waals surface area contributed by atoms with Crippen LogP contribution < -0.4 is 9.47 Å². The molecular formula is C15H15ClO4S. The Balaban J connectivity index is 1.66. The Labute approximate surface area is 132 Å². The summed E-state index contributed by atoms with van der Waals surface area (Å²) in [5.74, 6) is 1.15. The monoisotopic (exact) mass is 326 g/mol. The highest BCUT2D eigenvalue weighted by molar-refractivity contribution is 7.16. The number of esters is 1. The van der Waals surface area contributed by atoms with Crippen molar-refractivity contribution < 1.29 is 19.0 Å². The molecule has 0 aliphatic heterocycles. The maximum absolute atomic E-state index is 11.6. The molecule has 1 heterocycles. The van der Waals surface area contributed by atoms with Gasteiger partial charge in [0.25, 0.3) is 0 Å². The van der Waals surface area contributed by atoms with Gasteiger partial charge in [0.2, 0.25) is 0 Å². The van der Waals surface area contributed by atoms with Gasteiger partial charge < -0.3 is 14.2 Å². The van der Waals surface area contributed by atoms with Gasteiger partial charge in [0, 0.05) is 4.88 Å². The Bertz CT molecular complexity index is 580. The molecule has 0 saturated heterocycles. The van der Waals surface area contributed by atoms with Crippen molar-refractivity contribution in [2.24, 2.45) is 0 Å². The van der Waals surface area contributed by atoms with Crippen LogP contribution in [0.15, 0.2) is 36.4 Å². The second-order valence-electron chi connectivity index (χ2n) is 4.14. The van der Waals surface area contributed by atoms with E-state index in [2.05, 4.69) is 0 Å². The molecule has 112 valence electrons. The molecule has 0 radical (unpaired) electrons. The van der Waals surface area contributed by atoms with Crippen molar-refractivity contribution in [3.63, 3.8) is 0 Å². The summed E-state index contributed by atoms with van der Waals surface area (Å²) in [6.45, 7) is 0.523. The largest absolute Gasteiger partial charge is 0.497 e. The lowest BCUT2D eigenvalue weighted by Gasteiger charge is -2.07. The van der Waals surface area contributed by atoms with Gasteiger partial charge in [0.1, 0.15) is 18.1 Å². The van der Waals surface area contributed by atoms with Crippen molar-refractivity contribution in [2.45, 2.75) is 13.0 Å². The van der Waals surface area contributed by atoms with E-state index in [0.717, 1.165) is 10.6 Å². The van der Waals surface area contributed by atoms with Crippen molar-refractivity contribution in [3.8, 4) is 11.5 Å². The topological polar surface area (TPSA) is 44.8 Å². The van der Waals surface area contributed by atoms with Gasteiger partial charge in [-0.15, -0.1) is 11.3 Å².